The maximum atomic E-state index is 13.0. The molecule has 1 aliphatic carbocycles. The number of methoxy groups -OCH3 is 1. The largest absolute Gasteiger partial charge is 0.497 e. The highest BCUT2D eigenvalue weighted by atomic mass is 32.2. The fourth-order valence-electron chi connectivity index (χ4n) is 3.17. The van der Waals surface area contributed by atoms with E-state index in [9.17, 15) is 4.79 Å². The van der Waals surface area contributed by atoms with Crippen LogP contribution in [0.3, 0.4) is 0 Å². The van der Waals surface area contributed by atoms with Gasteiger partial charge in [0.2, 0.25) is 5.91 Å². The standard InChI is InChI=1S/C21H23N5O2S/c1-15-23-24-21(26(15)18-7-9-19(28-2)10-8-18)29-14-20(27)25(17-5-6-17)13-16-4-3-11-22-12-16/h3-4,7-12,17H,5-6,13-14H2,1-2H3. The third-order valence-electron chi connectivity index (χ3n) is 4.83. The number of aryl methyl sites for hydroxylation is 1. The first-order chi connectivity index (χ1) is 14.2. The molecule has 1 saturated carbocycles. The normalized spacial score (nSPS) is 13.3. The number of ether oxygens (including phenoxy) is 1. The van der Waals surface area contributed by atoms with Crippen molar-refractivity contribution >= 4 is 17.7 Å². The molecule has 1 amide bonds. The Morgan fingerprint density at radius 3 is 2.69 bits per heavy atom. The van der Waals surface area contributed by atoms with Gasteiger partial charge in [0.25, 0.3) is 0 Å². The van der Waals surface area contributed by atoms with Crippen LogP contribution in [0, 0.1) is 6.92 Å². The van der Waals surface area contributed by atoms with Gasteiger partial charge in [-0.1, -0.05) is 17.8 Å². The Balaban J connectivity index is 1.46. The SMILES string of the molecule is COc1ccc(-n2c(C)nnc2SCC(=O)N(Cc2cccnc2)C2CC2)cc1. The molecule has 3 aromatic rings. The van der Waals surface area contributed by atoms with Crippen molar-refractivity contribution in [1.29, 1.82) is 0 Å². The molecular formula is C21H23N5O2S. The molecule has 8 heteroatoms. The number of rotatable bonds is 8. The van der Waals surface area contributed by atoms with Crippen LogP contribution in [0.2, 0.25) is 0 Å². The van der Waals surface area contributed by atoms with E-state index in [0.717, 1.165) is 35.7 Å². The van der Waals surface area contributed by atoms with E-state index in [0.29, 0.717) is 23.5 Å². The summed E-state index contributed by atoms with van der Waals surface area (Å²) in [6.07, 6.45) is 5.70. The average molecular weight is 410 g/mol. The van der Waals surface area contributed by atoms with Crippen molar-refractivity contribution in [3.05, 3.63) is 60.2 Å². The summed E-state index contributed by atoms with van der Waals surface area (Å²) in [5, 5.41) is 9.18. The van der Waals surface area contributed by atoms with E-state index < -0.39 is 0 Å². The van der Waals surface area contributed by atoms with Crippen LogP contribution in [0.5, 0.6) is 5.75 Å². The third-order valence-corrected chi connectivity index (χ3v) is 5.75. The second kappa shape index (κ2) is 8.65. The minimum atomic E-state index is 0.114. The van der Waals surface area contributed by atoms with Crippen molar-refractivity contribution in [3.63, 3.8) is 0 Å². The zero-order chi connectivity index (χ0) is 20.2. The van der Waals surface area contributed by atoms with Gasteiger partial charge in [0, 0.05) is 30.7 Å². The molecule has 2 heterocycles. The van der Waals surface area contributed by atoms with Gasteiger partial charge in [0.05, 0.1) is 12.9 Å². The number of carbonyl (C=O) groups excluding carboxylic acids is 1. The second-order valence-electron chi connectivity index (χ2n) is 6.97. The van der Waals surface area contributed by atoms with Crippen molar-refractivity contribution in [2.24, 2.45) is 0 Å². The number of hydrogen-bond acceptors (Lipinski definition) is 6. The van der Waals surface area contributed by atoms with Gasteiger partial charge in [-0.05, 0) is 55.7 Å². The van der Waals surface area contributed by atoms with Crippen molar-refractivity contribution in [1.82, 2.24) is 24.6 Å². The summed E-state index contributed by atoms with van der Waals surface area (Å²) in [5.74, 6) is 2.01. The van der Waals surface area contributed by atoms with E-state index in [1.54, 1.807) is 13.3 Å². The first kappa shape index (κ1) is 19.4. The van der Waals surface area contributed by atoms with Crippen LogP contribution >= 0.6 is 11.8 Å². The first-order valence-corrected chi connectivity index (χ1v) is 10.5. The van der Waals surface area contributed by atoms with E-state index in [1.165, 1.54) is 11.8 Å². The van der Waals surface area contributed by atoms with Gasteiger partial charge >= 0.3 is 0 Å². The predicted octanol–water partition coefficient (Wildman–Crippen LogP) is 3.26. The highest BCUT2D eigenvalue weighted by Crippen LogP contribution is 2.30. The summed E-state index contributed by atoms with van der Waals surface area (Å²) in [4.78, 5) is 19.1. The average Bonchev–Trinajstić information content (AvgIpc) is 3.53. The number of thioether (sulfide) groups is 1. The molecule has 150 valence electrons. The molecule has 0 aliphatic heterocycles. The minimum Gasteiger partial charge on any atom is -0.497 e. The number of aromatic nitrogens is 4. The molecule has 0 bridgehead atoms. The smallest absolute Gasteiger partial charge is 0.233 e. The lowest BCUT2D eigenvalue weighted by molar-refractivity contribution is -0.129. The highest BCUT2D eigenvalue weighted by molar-refractivity contribution is 7.99. The Morgan fingerprint density at radius 1 is 1.24 bits per heavy atom. The van der Waals surface area contributed by atoms with Crippen molar-refractivity contribution < 1.29 is 9.53 Å². The van der Waals surface area contributed by atoms with E-state index in [2.05, 4.69) is 15.2 Å². The lowest BCUT2D eigenvalue weighted by atomic mass is 10.2. The molecule has 0 saturated heterocycles. The van der Waals surface area contributed by atoms with E-state index in [4.69, 9.17) is 4.74 Å². The summed E-state index contributed by atoms with van der Waals surface area (Å²) in [6.45, 7) is 2.50. The van der Waals surface area contributed by atoms with E-state index >= 15 is 0 Å². The van der Waals surface area contributed by atoms with Crippen molar-refractivity contribution in [2.45, 2.75) is 37.5 Å². The molecule has 1 aromatic carbocycles. The van der Waals surface area contributed by atoms with Crippen molar-refractivity contribution in [3.8, 4) is 11.4 Å². The number of carbonyl (C=O) groups is 1. The molecule has 0 atom stereocenters. The summed E-state index contributed by atoms with van der Waals surface area (Å²) in [7, 11) is 1.64. The zero-order valence-corrected chi connectivity index (χ0v) is 17.3. The molecule has 2 aromatic heterocycles. The quantitative estimate of drug-likeness (QED) is 0.532. The van der Waals surface area contributed by atoms with Gasteiger partial charge in [0.1, 0.15) is 11.6 Å². The molecule has 0 radical (unpaired) electrons. The Kier molecular flexibility index (Phi) is 5.80. The van der Waals surface area contributed by atoms with Gasteiger partial charge < -0.3 is 9.64 Å². The molecule has 0 unspecified atom stereocenters. The minimum absolute atomic E-state index is 0.114. The Bertz CT molecular complexity index is 970. The monoisotopic (exact) mass is 409 g/mol. The predicted molar refractivity (Wildman–Crippen MR) is 111 cm³/mol. The van der Waals surface area contributed by atoms with Gasteiger partial charge in [-0.3, -0.25) is 14.3 Å². The fourth-order valence-corrected chi connectivity index (χ4v) is 4.05. The lowest BCUT2D eigenvalue weighted by Crippen LogP contribution is -2.34. The maximum absolute atomic E-state index is 13.0. The van der Waals surface area contributed by atoms with Gasteiger partial charge in [-0.15, -0.1) is 10.2 Å². The molecule has 4 rings (SSSR count). The number of hydrogen-bond donors (Lipinski definition) is 0. The second-order valence-corrected chi connectivity index (χ2v) is 7.91. The van der Waals surface area contributed by atoms with Crippen LogP contribution in [0.25, 0.3) is 5.69 Å². The van der Waals surface area contributed by atoms with E-state index in [1.807, 2.05) is 59.0 Å². The summed E-state index contributed by atoms with van der Waals surface area (Å²) >= 11 is 1.42. The van der Waals surface area contributed by atoms with Crippen LogP contribution in [-0.4, -0.2) is 49.5 Å². The molecule has 0 spiro atoms. The molecular weight excluding hydrogens is 386 g/mol. The molecule has 1 aliphatic rings. The third kappa shape index (κ3) is 4.59. The fraction of sp³-hybridized carbons (Fsp3) is 0.333. The number of amides is 1. The molecule has 29 heavy (non-hydrogen) atoms. The van der Waals surface area contributed by atoms with Crippen LogP contribution in [0.4, 0.5) is 0 Å². The number of benzene rings is 1. The van der Waals surface area contributed by atoms with Gasteiger partial charge in [-0.25, -0.2) is 0 Å². The Hall–Kier alpha value is -2.87. The Morgan fingerprint density at radius 2 is 2.03 bits per heavy atom. The van der Waals surface area contributed by atoms with Crippen LogP contribution in [0.15, 0.2) is 53.9 Å². The molecule has 7 nitrogen and oxygen atoms in total. The number of nitrogens with zero attached hydrogens (tertiary/aromatic N) is 5. The van der Waals surface area contributed by atoms with Crippen LogP contribution in [0.1, 0.15) is 24.2 Å². The van der Waals surface area contributed by atoms with Crippen molar-refractivity contribution in [2.75, 3.05) is 12.9 Å². The summed E-state index contributed by atoms with van der Waals surface area (Å²) in [5.41, 5.74) is 1.99. The topological polar surface area (TPSA) is 73.1 Å². The van der Waals surface area contributed by atoms with Crippen LogP contribution < -0.4 is 4.74 Å². The highest BCUT2D eigenvalue weighted by Gasteiger charge is 2.32. The molecule has 0 N–H and O–H groups in total. The maximum Gasteiger partial charge on any atom is 0.233 e. The van der Waals surface area contributed by atoms with Gasteiger partial charge in [-0.2, -0.15) is 0 Å². The van der Waals surface area contributed by atoms with Crippen LogP contribution in [-0.2, 0) is 11.3 Å². The first-order valence-electron chi connectivity index (χ1n) is 9.53. The zero-order valence-electron chi connectivity index (χ0n) is 16.5. The lowest BCUT2D eigenvalue weighted by Gasteiger charge is -2.22. The van der Waals surface area contributed by atoms with Gasteiger partial charge in [0.15, 0.2) is 5.16 Å². The Labute approximate surface area is 174 Å². The molecule has 1 fully saturated rings. The van der Waals surface area contributed by atoms with E-state index in [-0.39, 0.29) is 5.91 Å². The summed E-state index contributed by atoms with van der Waals surface area (Å²) in [6, 6.07) is 12.0. The number of pyridine rings is 1. The summed E-state index contributed by atoms with van der Waals surface area (Å²) < 4.78 is 7.19.